The van der Waals surface area contributed by atoms with E-state index in [2.05, 4.69) is 17.0 Å². The molecule has 0 radical (unpaired) electrons. The standard InChI is InChI=1S/C14H22N2O2S/c1-2-8-15-9-10-16-19(17,18)14-7-6-12-4-3-5-13(12)11-14/h6-7,11,15-16H,2-5,8-10H2,1H3. The van der Waals surface area contributed by atoms with Gasteiger partial charge in [0.1, 0.15) is 0 Å². The molecule has 0 amide bonds. The summed E-state index contributed by atoms with van der Waals surface area (Å²) in [6.07, 6.45) is 4.26. The second-order valence-corrected chi connectivity index (χ2v) is 6.70. The number of hydrogen-bond donors (Lipinski definition) is 2. The van der Waals surface area contributed by atoms with Gasteiger partial charge in [-0.05, 0) is 55.5 Å². The average molecular weight is 282 g/mol. The van der Waals surface area contributed by atoms with Gasteiger partial charge in [0, 0.05) is 13.1 Å². The fourth-order valence-corrected chi connectivity index (χ4v) is 3.46. The highest BCUT2D eigenvalue weighted by Crippen LogP contribution is 2.24. The van der Waals surface area contributed by atoms with Crippen LogP contribution in [0.3, 0.4) is 0 Å². The van der Waals surface area contributed by atoms with Crippen molar-refractivity contribution >= 4 is 10.0 Å². The first-order valence-electron chi connectivity index (χ1n) is 6.95. The van der Waals surface area contributed by atoms with Crippen LogP contribution in [-0.4, -0.2) is 28.1 Å². The van der Waals surface area contributed by atoms with Crippen molar-refractivity contribution in [1.82, 2.24) is 10.0 Å². The van der Waals surface area contributed by atoms with Crippen molar-refractivity contribution in [2.24, 2.45) is 0 Å². The minimum absolute atomic E-state index is 0.392. The smallest absolute Gasteiger partial charge is 0.240 e. The molecule has 0 fully saturated rings. The molecule has 19 heavy (non-hydrogen) atoms. The lowest BCUT2D eigenvalue weighted by Crippen LogP contribution is -2.32. The maximum absolute atomic E-state index is 12.1. The normalized spacial score (nSPS) is 14.6. The third kappa shape index (κ3) is 3.78. The zero-order valence-electron chi connectivity index (χ0n) is 11.4. The lowest BCUT2D eigenvalue weighted by atomic mass is 10.1. The van der Waals surface area contributed by atoms with E-state index in [1.807, 2.05) is 12.1 Å². The first-order valence-corrected chi connectivity index (χ1v) is 8.44. The Kier molecular flexibility index (Phi) is 4.96. The molecular weight excluding hydrogens is 260 g/mol. The number of hydrogen-bond acceptors (Lipinski definition) is 3. The molecule has 2 rings (SSSR count). The quantitative estimate of drug-likeness (QED) is 0.744. The minimum Gasteiger partial charge on any atom is -0.315 e. The molecule has 4 nitrogen and oxygen atoms in total. The summed E-state index contributed by atoms with van der Waals surface area (Å²) < 4.78 is 26.9. The van der Waals surface area contributed by atoms with E-state index in [9.17, 15) is 8.42 Å². The monoisotopic (exact) mass is 282 g/mol. The maximum atomic E-state index is 12.1. The minimum atomic E-state index is -3.36. The Labute approximate surface area is 115 Å². The molecule has 0 spiro atoms. The summed E-state index contributed by atoms with van der Waals surface area (Å²) in [5, 5.41) is 3.17. The van der Waals surface area contributed by atoms with E-state index in [0.717, 1.165) is 32.2 Å². The van der Waals surface area contributed by atoms with Crippen molar-refractivity contribution in [2.75, 3.05) is 19.6 Å². The fourth-order valence-electron chi connectivity index (χ4n) is 2.37. The summed E-state index contributed by atoms with van der Waals surface area (Å²) in [5.74, 6) is 0. The predicted molar refractivity (Wildman–Crippen MR) is 76.8 cm³/mol. The van der Waals surface area contributed by atoms with Gasteiger partial charge in [0.25, 0.3) is 0 Å². The molecule has 1 aliphatic rings. The molecule has 2 N–H and O–H groups in total. The molecule has 5 heteroatoms. The molecule has 0 bridgehead atoms. The van der Waals surface area contributed by atoms with Gasteiger partial charge in [-0.2, -0.15) is 0 Å². The summed E-state index contributed by atoms with van der Waals surface area (Å²) >= 11 is 0. The lowest BCUT2D eigenvalue weighted by Gasteiger charge is -2.09. The van der Waals surface area contributed by atoms with Crippen LogP contribution < -0.4 is 10.0 Å². The van der Waals surface area contributed by atoms with Crippen LogP contribution in [0.5, 0.6) is 0 Å². The van der Waals surface area contributed by atoms with Crippen molar-refractivity contribution in [3.8, 4) is 0 Å². The Morgan fingerprint density at radius 1 is 1.11 bits per heavy atom. The molecule has 0 atom stereocenters. The molecule has 1 aliphatic carbocycles. The van der Waals surface area contributed by atoms with E-state index in [1.165, 1.54) is 11.1 Å². The number of sulfonamides is 1. The number of benzene rings is 1. The Balaban J connectivity index is 1.95. The van der Waals surface area contributed by atoms with Gasteiger partial charge in [-0.15, -0.1) is 0 Å². The van der Waals surface area contributed by atoms with Crippen molar-refractivity contribution < 1.29 is 8.42 Å². The van der Waals surface area contributed by atoms with Gasteiger partial charge in [-0.1, -0.05) is 13.0 Å². The van der Waals surface area contributed by atoms with E-state index in [1.54, 1.807) is 6.07 Å². The zero-order valence-corrected chi connectivity index (χ0v) is 12.2. The Hall–Kier alpha value is -0.910. The first kappa shape index (κ1) is 14.5. The summed E-state index contributed by atoms with van der Waals surface area (Å²) in [7, 11) is -3.36. The third-order valence-corrected chi connectivity index (χ3v) is 4.86. The number of rotatable bonds is 7. The zero-order chi connectivity index (χ0) is 13.7. The molecule has 0 unspecified atom stereocenters. The molecule has 1 aromatic carbocycles. The van der Waals surface area contributed by atoms with Crippen LogP contribution >= 0.6 is 0 Å². The topological polar surface area (TPSA) is 58.2 Å². The van der Waals surface area contributed by atoms with E-state index in [0.29, 0.717) is 18.0 Å². The number of aryl methyl sites for hydroxylation is 2. The molecule has 1 aromatic rings. The Morgan fingerprint density at radius 2 is 1.89 bits per heavy atom. The Bertz CT molecular complexity index is 526. The van der Waals surface area contributed by atoms with Crippen LogP contribution in [0.1, 0.15) is 30.9 Å². The summed E-state index contributed by atoms with van der Waals surface area (Å²) in [4.78, 5) is 0.392. The molecule has 0 heterocycles. The maximum Gasteiger partial charge on any atom is 0.240 e. The average Bonchev–Trinajstić information content (AvgIpc) is 2.85. The summed E-state index contributed by atoms with van der Waals surface area (Å²) in [5.41, 5.74) is 2.48. The summed E-state index contributed by atoms with van der Waals surface area (Å²) in [6.45, 7) is 4.10. The van der Waals surface area contributed by atoms with Crippen LogP contribution in [0.2, 0.25) is 0 Å². The molecule has 0 aliphatic heterocycles. The molecule has 0 saturated carbocycles. The Morgan fingerprint density at radius 3 is 2.68 bits per heavy atom. The second-order valence-electron chi connectivity index (χ2n) is 4.93. The highest BCUT2D eigenvalue weighted by Gasteiger charge is 2.17. The number of nitrogens with one attached hydrogen (secondary N) is 2. The van der Waals surface area contributed by atoms with Gasteiger partial charge < -0.3 is 5.32 Å². The van der Waals surface area contributed by atoms with Crippen LogP contribution in [0.4, 0.5) is 0 Å². The molecular formula is C14H22N2O2S. The van der Waals surface area contributed by atoms with Crippen LogP contribution in [-0.2, 0) is 22.9 Å². The molecule has 106 valence electrons. The molecule has 0 aromatic heterocycles. The van der Waals surface area contributed by atoms with Gasteiger partial charge in [0.05, 0.1) is 4.90 Å². The van der Waals surface area contributed by atoms with Crippen molar-refractivity contribution in [3.63, 3.8) is 0 Å². The second kappa shape index (κ2) is 6.50. The third-order valence-electron chi connectivity index (χ3n) is 3.40. The first-order chi connectivity index (χ1) is 9.13. The highest BCUT2D eigenvalue weighted by atomic mass is 32.2. The SMILES string of the molecule is CCCNCCNS(=O)(=O)c1ccc2c(c1)CCC2. The van der Waals surface area contributed by atoms with E-state index < -0.39 is 10.0 Å². The van der Waals surface area contributed by atoms with Gasteiger partial charge in [0.2, 0.25) is 10.0 Å². The fraction of sp³-hybridized carbons (Fsp3) is 0.571. The van der Waals surface area contributed by atoms with Gasteiger partial charge in [-0.25, -0.2) is 13.1 Å². The number of fused-ring (bicyclic) bond motifs is 1. The van der Waals surface area contributed by atoms with Crippen molar-refractivity contribution in [3.05, 3.63) is 29.3 Å². The van der Waals surface area contributed by atoms with Gasteiger partial charge in [0.15, 0.2) is 0 Å². The predicted octanol–water partition coefficient (Wildman–Crippen LogP) is 1.45. The molecule has 0 saturated heterocycles. The van der Waals surface area contributed by atoms with E-state index in [-0.39, 0.29) is 0 Å². The van der Waals surface area contributed by atoms with Crippen molar-refractivity contribution in [1.29, 1.82) is 0 Å². The lowest BCUT2D eigenvalue weighted by molar-refractivity contribution is 0.575. The largest absolute Gasteiger partial charge is 0.315 e. The highest BCUT2D eigenvalue weighted by molar-refractivity contribution is 7.89. The van der Waals surface area contributed by atoms with Gasteiger partial charge in [-0.3, -0.25) is 0 Å². The summed E-state index contributed by atoms with van der Waals surface area (Å²) in [6, 6.07) is 5.49. The van der Waals surface area contributed by atoms with Crippen LogP contribution in [0, 0.1) is 0 Å². The van der Waals surface area contributed by atoms with E-state index in [4.69, 9.17) is 0 Å². The van der Waals surface area contributed by atoms with Crippen LogP contribution in [0.15, 0.2) is 23.1 Å². The van der Waals surface area contributed by atoms with Crippen LogP contribution in [0.25, 0.3) is 0 Å². The van der Waals surface area contributed by atoms with E-state index >= 15 is 0 Å². The van der Waals surface area contributed by atoms with Gasteiger partial charge >= 0.3 is 0 Å². The van der Waals surface area contributed by atoms with Crippen molar-refractivity contribution in [2.45, 2.75) is 37.5 Å².